The smallest absolute Gasteiger partial charge is 0.332 e. The predicted octanol–water partition coefficient (Wildman–Crippen LogP) is 5.53. The van der Waals surface area contributed by atoms with Crippen molar-refractivity contribution >= 4 is 33.2 Å². The van der Waals surface area contributed by atoms with E-state index in [0.717, 1.165) is 45.9 Å². The number of aliphatic hydroxyl groups excluding tert-OH is 1. The normalized spacial score (nSPS) is 14.2. The second-order valence-electron chi connectivity index (χ2n) is 9.65. The standard InChI is InChI=1S/C28H27NO4S.C3H6O3/c30-21-8-4-20(5-9-21)28-26(24-13-10-22(31)18-25(24)34-28)27(32)19-6-11-23(12-7-19)33-17-16-29-14-2-1-3-15-29;1-2(4)3(5)6/h4-13,18,30-31H,1-3,14-17H2;2,4H,1H3,(H,5,6). The summed E-state index contributed by atoms with van der Waals surface area (Å²) in [4.78, 5) is 26.3. The summed E-state index contributed by atoms with van der Waals surface area (Å²) in [5.41, 5.74) is 2.03. The molecule has 1 atom stereocenters. The predicted molar refractivity (Wildman–Crippen MR) is 156 cm³/mol. The van der Waals surface area contributed by atoms with Gasteiger partial charge >= 0.3 is 5.97 Å². The Morgan fingerprint density at radius 2 is 1.55 bits per heavy atom. The number of ether oxygens (including phenoxy) is 1. The van der Waals surface area contributed by atoms with E-state index in [-0.39, 0.29) is 17.3 Å². The van der Waals surface area contributed by atoms with Gasteiger partial charge in [0.2, 0.25) is 0 Å². The van der Waals surface area contributed by atoms with Gasteiger partial charge in [-0.15, -0.1) is 11.3 Å². The second kappa shape index (κ2) is 13.4. The van der Waals surface area contributed by atoms with Crippen LogP contribution in [0.5, 0.6) is 17.2 Å². The van der Waals surface area contributed by atoms with E-state index in [1.54, 1.807) is 42.5 Å². The molecule has 210 valence electrons. The van der Waals surface area contributed by atoms with Gasteiger partial charge in [0, 0.05) is 32.6 Å². The van der Waals surface area contributed by atoms with E-state index in [2.05, 4.69) is 4.90 Å². The maximum Gasteiger partial charge on any atom is 0.332 e. The third-order valence-electron chi connectivity index (χ3n) is 6.63. The van der Waals surface area contributed by atoms with Gasteiger partial charge in [0.15, 0.2) is 5.78 Å². The number of hydrogen-bond donors (Lipinski definition) is 4. The minimum Gasteiger partial charge on any atom is -0.508 e. The van der Waals surface area contributed by atoms with Crippen LogP contribution in [0.1, 0.15) is 42.1 Å². The number of thiophene rings is 1. The Morgan fingerprint density at radius 3 is 2.17 bits per heavy atom. The summed E-state index contributed by atoms with van der Waals surface area (Å²) in [6.45, 7) is 5.04. The molecule has 0 spiro atoms. The molecule has 0 bridgehead atoms. The van der Waals surface area contributed by atoms with E-state index in [9.17, 15) is 19.8 Å². The molecule has 3 aromatic carbocycles. The maximum absolute atomic E-state index is 13.6. The van der Waals surface area contributed by atoms with Crippen LogP contribution in [0.3, 0.4) is 0 Å². The summed E-state index contributed by atoms with van der Waals surface area (Å²) in [5, 5.41) is 36.2. The van der Waals surface area contributed by atoms with Crippen LogP contribution in [0.4, 0.5) is 0 Å². The summed E-state index contributed by atoms with van der Waals surface area (Å²) in [6, 6.07) is 19.2. The van der Waals surface area contributed by atoms with Crippen molar-refractivity contribution in [1.29, 1.82) is 0 Å². The molecule has 40 heavy (non-hydrogen) atoms. The quantitative estimate of drug-likeness (QED) is 0.206. The molecule has 0 aliphatic carbocycles. The molecule has 8 nitrogen and oxygen atoms in total. The molecule has 5 rings (SSSR count). The Labute approximate surface area is 236 Å². The Morgan fingerprint density at radius 1 is 0.925 bits per heavy atom. The molecule has 1 aliphatic heterocycles. The Bertz CT molecular complexity index is 1440. The van der Waals surface area contributed by atoms with Crippen LogP contribution in [0.2, 0.25) is 0 Å². The molecule has 1 aliphatic rings. The zero-order valence-corrected chi connectivity index (χ0v) is 23.1. The summed E-state index contributed by atoms with van der Waals surface area (Å²) in [5.74, 6) is -0.176. The monoisotopic (exact) mass is 563 g/mol. The van der Waals surface area contributed by atoms with E-state index in [1.807, 2.05) is 24.3 Å². The third-order valence-corrected chi connectivity index (χ3v) is 7.83. The number of nitrogens with zero attached hydrogens (tertiary/aromatic N) is 1. The number of carboxylic acids is 1. The molecule has 4 aromatic rings. The number of aliphatic hydroxyl groups is 1. The first-order valence-corrected chi connectivity index (χ1v) is 14.0. The van der Waals surface area contributed by atoms with Gasteiger partial charge in [-0.2, -0.15) is 0 Å². The number of fused-ring (bicyclic) bond motifs is 1. The van der Waals surface area contributed by atoms with Crippen molar-refractivity contribution in [2.45, 2.75) is 32.3 Å². The van der Waals surface area contributed by atoms with Crippen molar-refractivity contribution in [1.82, 2.24) is 4.90 Å². The topological polar surface area (TPSA) is 128 Å². The van der Waals surface area contributed by atoms with Crippen molar-refractivity contribution in [2.75, 3.05) is 26.2 Å². The average molecular weight is 564 g/mol. The van der Waals surface area contributed by atoms with Gasteiger partial charge in [-0.3, -0.25) is 9.69 Å². The highest BCUT2D eigenvalue weighted by Crippen LogP contribution is 2.41. The Hall–Kier alpha value is -3.92. The molecule has 4 N–H and O–H groups in total. The van der Waals surface area contributed by atoms with E-state index in [4.69, 9.17) is 14.9 Å². The first-order chi connectivity index (χ1) is 19.2. The molecule has 0 radical (unpaired) electrons. The number of aromatic hydroxyl groups is 2. The number of carbonyl (C=O) groups excluding carboxylic acids is 1. The van der Waals surface area contributed by atoms with Crippen LogP contribution in [0.25, 0.3) is 20.5 Å². The largest absolute Gasteiger partial charge is 0.508 e. The number of likely N-dealkylation sites (tertiary alicyclic amines) is 1. The fourth-order valence-corrected chi connectivity index (χ4v) is 5.69. The first kappa shape index (κ1) is 29.1. The van der Waals surface area contributed by atoms with Crippen molar-refractivity contribution in [3.8, 4) is 27.7 Å². The maximum atomic E-state index is 13.6. The lowest BCUT2D eigenvalue weighted by molar-refractivity contribution is -0.145. The number of benzene rings is 3. The molecular formula is C31H33NO7S. The van der Waals surface area contributed by atoms with Crippen molar-refractivity contribution in [3.05, 3.63) is 77.9 Å². The van der Waals surface area contributed by atoms with Gasteiger partial charge < -0.3 is 25.2 Å². The lowest BCUT2D eigenvalue weighted by Crippen LogP contribution is -2.33. The Balaban J connectivity index is 0.000000557. The number of phenolic OH excluding ortho intramolecular Hbond substituents is 2. The highest BCUT2D eigenvalue weighted by Gasteiger charge is 2.22. The Kier molecular flexibility index (Phi) is 9.76. The van der Waals surface area contributed by atoms with Crippen LogP contribution >= 0.6 is 11.3 Å². The number of phenols is 2. The molecule has 1 fully saturated rings. The number of carbonyl (C=O) groups is 2. The third kappa shape index (κ3) is 7.38. The minimum atomic E-state index is -1.23. The molecule has 2 heterocycles. The SMILES string of the molecule is CC(O)C(=O)O.O=C(c1ccc(OCCN2CCCCC2)cc1)c1c(-c2ccc(O)cc2)sc2cc(O)ccc12. The number of aliphatic carboxylic acids is 1. The molecule has 1 aromatic heterocycles. The van der Waals surface area contributed by atoms with E-state index in [0.29, 0.717) is 17.7 Å². The van der Waals surface area contributed by atoms with Gasteiger partial charge in [0.05, 0.1) is 0 Å². The van der Waals surface area contributed by atoms with Crippen LogP contribution in [-0.4, -0.2) is 69.4 Å². The molecule has 1 unspecified atom stereocenters. The zero-order chi connectivity index (χ0) is 28.6. The van der Waals surface area contributed by atoms with Crippen molar-refractivity contribution in [3.63, 3.8) is 0 Å². The van der Waals surface area contributed by atoms with Gasteiger partial charge in [-0.05, 0) is 105 Å². The van der Waals surface area contributed by atoms with Crippen LogP contribution in [-0.2, 0) is 4.79 Å². The number of piperidine rings is 1. The second-order valence-corrected chi connectivity index (χ2v) is 10.7. The molecule has 1 saturated heterocycles. The fraction of sp³-hybridized carbons (Fsp3) is 0.290. The van der Waals surface area contributed by atoms with Gasteiger partial charge in [-0.25, -0.2) is 4.79 Å². The van der Waals surface area contributed by atoms with Gasteiger partial charge in [-0.1, -0.05) is 6.42 Å². The van der Waals surface area contributed by atoms with Crippen molar-refractivity contribution in [2.24, 2.45) is 0 Å². The minimum absolute atomic E-state index is 0.0834. The van der Waals surface area contributed by atoms with E-state index in [1.165, 1.54) is 37.5 Å². The van der Waals surface area contributed by atoms with E-state index >= 15 is 0 Å². The molecular weight excluding hydrogens is 530 g/mol. The van der Waals surface area contributed by atoms with Crippen molar-refractivity contribution < 1.29 is 34.8 Å². The van der Waals surface area contributed by atoms with Crippen LogP contribution < -0.4 is 4.74 Å². The van der Waals surface area contributed by atoms with Gasteiger partial charge in [0.1, 0.15) is 30.0 Å². The summed E-state index contributed by atoms with van der Waals surface area (Å²) < 4.78 is 6.76. The molecule has 0 saturated carbocycles. The number of hydrogen-bond acceptors (Lipinski definition) is 8. The number of ketones is 1. The number of carboxylic acid groups (broad SMARTS) is 1. The molecule has 9 heteroatoms. The lowest BCUT2D eigenvalue weighted by atomic mass is 9.97. The average Bonchev–Trinajstić information content (AvgIpc) is 3.33. The summed E-state index contributed by atoms with van der Waals surface area (Å²) in [7, 11) is 0. The fourth-order valence-electron chi connectivity index (χ4n) is 4.45. The first-order valence-electron chi connectivity index (χ1n) is 13.2. The highest BCUT2D eigenvalue weighted by atomic mass is 32.1. The van der Waals surface area contributed by atoms with Gasteiger partial charge in [0.25, 0.3) is 0 Å². The van der Waals surface area contributed by atoms with Crippen LogP contribution in [0.15, 0.2) is 66.7 Å². The summed E-state index contributed by atoms with van der Waals surface area (Å²) >= 11 is 1.46. The lowest BCUT2D eigenvalue weighted by Gasteiger charge is -2.26. The number of rotatable bonds is 8. The summed E-state index contributed by atoms with van der Waals surface area (Å²) in [6.07, 6.45) is 2.62. The highest BCUT2D eigenvalue weighted by molar-refractivity contribution is 7.22. The zero-order valence-electron chi connectivity index (χ0n) is 22.2. The van der Waals surface area contributed by atoms with Crippen LogP contribution in [0, 0.1) is 0 Å². The van der Waals surface area contributed by atoms with E-state index < -0.39 is 12.1 Å². The molecule has 0 amide bonds.